The van der Waals surface area contributed by atoms with Crippen molar-refractivity contribution >= 4 is 23.4 Å². The predicted octanol–water partition coefficient (Wildman–Crippen LogP) is 5.25. The predicted molar refractivity (Wildman–Crippen MR) is 141 cm³/mol. The molecule has 196 valence electrons. The number of alkyl halides is 1. The third-order valence-electron chi connectivity index (χ3n) is 6.40. The van der Waals surface area contributed by atoms with Crippen molar-refractivity contribution in [1.29, 1.82) is 0 Å². The lowest BCUT2D eigenvalue weighted by atomic mass is 9.94. The number of carbonyl (C=O) groups excluding carboxylic acids is 2. The van der Waals surface area contributed by atoms with E-state index in [0.717, 1.165) is 37.7 Å². The van der Waals surface area contributed by atoms with E-state index < -0.39 is 6.04 Å². The minimum absolute atomic E-state index is 0.0904. The van der Waals surface area contributed by atoms with E-state index in [2.05, 4.69) is 5.32 Å². The monoisotopic (exact) mass is 516 g/mol. The van der Waals surface area contributed by atoms with Gasteiger partial charge in [-0.15, -0.1) is 11.6 Å². The molecule has 0 unspecified atom stereocenters. The number of benzene rings is 2. The number of ether oxygens (including phenoxy) is 3. The average Bonchev–Trinajstić information content (AvgIpc) is 2.92. The van der Waals surface area contributed by atoms with Crippen LogP contribution in [-0.2, 0) is 16.1 Å². The third kappa shape index (κ3) is 7.29. The van der Waals surface area contributed by atoms with Gasteiger partial charge in [-0.1, -0.05) is 44.4 Å². The molecule has 0 heterocycles. The standard InChI is InChI=1S/C28H37ClN2O5/c1-4-15-36-24-14-13-21(17-25(24)35-3)27(28(33)30-22-10-6-5-7-11-22)31(26(32)18-29)19-20-9-8-12-23(16-20)34-2/h8-9,12-14,16-17,22,27H,4-7,10-11,15,18-19H2,1-3H3,(H,30,33)/t27-/m1/s1. The van der Waals surface area contributed by atoms with E-state index in [-0.39, 0.29) is 30.3 Å². The van der Waals surface area contributed by atoms with E-state index in [9.17, 15) is 9.59 Å². The molecule has 2 aromatic rings. The highest BCUT2D eigenvalue weighted by Crippen LogP contribution is 2.34. The third-order valence-corrected chi connectivity index (χ3v) is 6.63. The number of rotatable bonds is 12. The smallest absolute Gasteiger partial charge is 0.247 e. The van der Waals surface area contributed by atoms with Crippen LogP contribution in [0.25, 0.3) is 0 Å². The number of nitrogens with one attached hydrogen (secondary N) is 1. The summed E-state index contributed by atoms with van der Waals surface area (Å²) in [4.78, 5) is 28.5. The van der Waals surface area contributed by atoms with Crippen molar-refractivity contribution in [2.45, 2.75) is 64.1 Å². The molecule has 1 N–H and O–H groups in total. The van der Waals surface area contributed by atoms with Gasteiger partial charge in [-0.2, -0.15) is 0 Å². The van der Waals surface area contributed by atoms with Gasteiger partial charge >= 0.3 is 0 Å². The molecule has 1 aliphatic rings. The fourth-order valence-corrected chi connectivity index (χ4v) is 4.71. The van der Waals surface area contributed by atoms with Crippen molar-refractivity contribution in [3.8, 4) is 17.2 Å². The first-order chi connectivity index (χ1) is 17.5. The van der Waals surface area contributed by atoms with E-state index in [1.165, 1.54) is 11.3 Å². The zero-order valence-electron chi connectivity index (χ0n) is 21.4. The lowest BCUT2D eigenvalue weighted by Gasteiger charge is -2.33. The first kappa shape index (κ1) is 27.7. The summed E-state index contributed by atoms with van der Waals surface area (Å²) in [5.74, 6) is 0.967. The quantitative estimate of drug-likeness (QED) is 0.390. The maximum Gasteiger partial charge on any atom is 0.247 e. The molecular formula is C28H37ClN2O5. The average molecular weight is 517 g/mol. The zero-order valence-corrected chi connectivity index (χ0v) is 22.2. The van der Waals surface area contributed by atoms with Crippen molar-refractivity contribution in [1.82, 2.24) is 10.2 Å². The molecule has 2 aromatic carbocycles. The molecule has 1 saturated carbocycles. The maximum atomic E-state index is 13.8. The number of hydrogen-bond donors (Lipinski definition) is 1. The van der Waals surface area contributed by atoms with Crippen LogP contribution < -0.4 is 19.5 Å². The molecule has 3 rings (SSSR count). The summed E-state index contributed by atoms with van der Waals surface area (Å²) in [6.07, 6.45) is 6.08. The van der Waals surface area contributed by atoms with Crippen LogP contribution >= 0.6 is 11.6 Å². The Balaban J connectivity index is 2.01. The molecular weight excluding hydrogens is 480 g/mol. The van der Waals surface area contributed by atoms with E-state index >= 15 is 0 Å². The van der Waals surface area contributed by atoms with Gasteiger partial charge in [0.05, 0.1) is 20.8 Å². The molecule has 2 amide bonds. The summed E-state index contributed by atoms with van der Waals surface area (Å²) in [7, 11) is 3.16. The molecule has 1 atom stereocenters. The van der Waals surface area contributed by atoms with Crippen LogP contribution in [0, 0.1) is 0 Å². The Morgan fingerprint density at radius 3 is 2.50 bits per heavy atom. The van der Waals surface area contributed by atoms with E-state index in [0.29, 0.717) is 29.4 Å². The molecule has 36 heavy (non-hydrogen) atoms. The minimum atomic E-state index is -0.890. The molecule has 8 heteroatoms. The number of methoxy groups -OCH3 is 2. The molecule has 1 fully saturated rings. The molecule has 0 aliphatic heterocycles. The summed E-state index contributed by atoms with van der Waals surface area (Å²) < 4.78 is 16.7. The lowest BCUT2D eigenvalue weighted by molar-refractivity contribution is -0.140. The van der Waals surface area contributed by atoms with Gasteiger partial charge in [0.15, 0.2) is 11.5 Å². The Morgan fingerprint density at radius 1 is 1.06 bits per heavy atom. The Kier molecular flexibility index (Phi) is 10.7. The second-order valence-electron chi connectivity index (χ2n) is 9.01. The van der Waals surface area contributed by atoms with E-state index in [4.69, 9.17) is 25.8 Å². The number of nitrogens with zero attached hydrogens (tertiary/aromatic N) is 1. The van der Waals surface area contributed by atoms with Gasteiger partial charge in [0, 0.05) is 12.6 Å². The molecule has 0 spiro atoms. The summed E-state index contributed by atoms with van der Waals surface area (Å²) in [6, 6.07) is 12.0. The second-order valence-corrected chi connectivity index (χ2v) is 9.28. The van der Waals surface area contributed by atoms with Crippen molar-refractivity contribution < 1.29 is 23.8 Å². The number of hydrogen-bond acceptors (Lipinski definition) is 5. The zero-order chi connectivity index (χ0) is 25.9. The summed E-state index contributed by atoms with van der Waals surface area (Å²) >= 11 is 6.05. The Morgan fingerprint density at radius 2 is 1.83 bits per heavy atom. The van der Waals surface area contributed by atoms with Crippen LogP contribution in [-0.4, -0.2) is 49.5 Å². The van der Waals surface area contributed by atoms with Crippen LogP contribution in [0.15, 0.2) is 42.5 Å². The fourth-order valence-electron chi connectivity index (χ4n) is 4.55. The summed E-state index contributed by atoms with van der Waals surface area (Å²) in [6.45, 7) is 2.77. The van der Waals surface area contributed by atoms with Crippen LogP contribution in [0.5, 0.6) is 17.2 Å². The minimum Gasteiger partial charge on any atom is -0.497 e. The highest BCUT2D eigenvalue weighted by molar-refractivity contribution is 6.27. The summed E-state index contributed by atoms with van der Waals surface area (Å²) in [5.41, 5.74) is 1.46. The number of halogens is 1. The Bertz CT molecular complexity index is 1010. The topological polar surface area (TPSA) is 77.1 Å². The van der Waals surface area contributed by atoms with Crippen LogP contribution in [0.3, 0.4) is 0 Å². The Labute approximate surface area is 219 Å². The lowest BCUT2D eigenvalue weighted by Crippen LogP contribution is -2.47. The van der Waals surface area contributed by atoms with Crippen molar-refractivity contribution in [2.75, 3.05) is 26.7 Å². The Hall–Kier alpha value is -2.93. The van der Waals surface area contributed by atoms with E-state index in [1.807, 2.05) is 37.3 Å². The van der Waals surface area contributed by atoms with E-state index in [1.54, 1.807) is 26.4 Å². The van der Waals surface area contributed by atoms with Gasteiger partial charge < -0.3 is 24.4 Å². The van der Waals surface area contributed by atoms with Gasteiger partial charge in [0.25, 0.3) is 0 Å². The highest BCUT2D eigenvalue weighted by atomic mass is 35.5. The largest absolute Gasteiger partial charge is 0.497 e. The molecule has 0 saturated heterocycles. The van der Waals surface area contributed by atoms with Gasteiger partial charge in [-0.25, -0.2) is 0 Å². The SMILES string of the molecule is CCCOc1ccc([C@H](C(=O)NC2CCCCC2)N(Cc2cccc(OC)c2)C(=O)CCl)cc1OC. The van der Waals surface area contributed by atoms with Crippen LogP contribution in [0.2, 0.25) is 0 Å². The first-order valence-electron chi connectivity index (χ1n) is 12.6. The normalized spacial score (nSPS) is 14.6. The molecule has 7 nitrogen and oxygen atoms in total. The fraction of sp³-hybridized carbons (Fsp3) is 0.500. The second kappa shape index (κ2) is 14.0. The highest BCUT2D eigenvalue weighted by Gasteiger charge is 2.33. The van der Waals surface area contributed by atoms with Crippen LogP contribution in [0.4, 0.5) is 0 Å². The molecule has 1 aliphatic carbocycles. The van der Waals surface area contributed by atoms with Crippen LogP contribution in [0.1, 0.15) is 62.6 Å². The maximum absolute atomic E-state index is 13.8. The first-order valence-corrected chi connectivity index (χ1v) is 13.1. The number of amides is 2. The van der Waals surface area contributed by atoms with Gasteiger partial charge in [-0.3, -0.25) is 9.59 Å². The van der Waals surface area contributed by atoms with Gasteiger partial charge in [0.1, 0.15) is 17.7 Å². The molecule has 0 bridgehead atoms. The van der Waals surface area contributed by atoms with Crippen molar-refractivity contribution in [2.24, 2.45) is 0 Å². The van der Waals surface area contributed by atoms with Gasteiger partial charge in [0.2, 0.25) is 11.8 Å². The number of carbonyl (C=O) groups is 2. The van der Waals surface area contributed by atoms with Crippen molar-refractivity contribution in [3.05, 3.63) is 53.6 Å². The van der Waals surface area contributed by atoms with Gasteiger partial charge in [-0.05, 0) is 54.7 Å². The van der Waals surface area contributed by atoms with Crippen molar-refractivity contribution in [3.63, 3.8) is 0 Å². The molecule has 0 radical (unpaired) electrons. The molecule has 0 aromatic heterocycles. The summed E-state index contributed by atoms with van der Waals surface area (Å²) in [5, 5.41) is 3.20.